The van der Waals surface area contributed by atoms with Crippen LogP contribution in [0.15, 0.2) is 18.2 Å². The van der Waals surface area contributed by atoms with Crippen LogP contribution in [0.4, 0.5) is 0 Å². The van der Waals surface area contributed by atoms with Gasteiger partial charge in [-0.05, 0) is 227 Å². The first kappa shape index (κ1) is 49.4. The molecule has 0 amide bonds. The summed E-state index contributed by atoms with van der Waals surface area (Å²) in [7, 11) is 0. The molecule has 4 unspecified atom stereocenters. The first-order chi connectivity index (χ1) is 31.0. The van der Waals surface area contributed by atoms with Crippen molar-refractivity contribution in [2.45, 2.75) is 240 Å². The molecular formula is C61H98Cl2O2. The van der Waals surface area contributed by atoms with Gasteiger partial charge in [-0.15, -0.1) is 0 Å². The van der Waals surface area contributed by atoms with E-state index in [0.717, 1.165) is 113 Å². The topological polar surface area (TPSA) is 18.5 Å². The number of hydrogen-bond donors (Lipinski definition) is 0. The Balaban J connectivity index is 0.901. The summed E-state index contributed by atoms with van der Waals surface area (Å²) in [6, 6.07) is 6.66. The van der Waals surface area contributed by atoms with Gasteiger partial charge >= 0.3 is 0 Å². The zero-order valence-electron chi connectivity index (χ0n) is 43.6. The molecule has 9 rings (SSSR count). The predicted octanol–water partition coefficient (Wildman–Crippen LogP) is 18.9. The molecule has 368 valence electrons. The number of ether oxygens (including phenoxy) is 2. The third-order valence-corrected chi connectivity index (χ3v) is 24.0. The van der Waals surface area contributed by atoms with E-state index >= 15 is 0 Å². The summed E-state index contributed by atoms with van der Waals surface area (Å²) in [5.41, 5.74) is 2.34. The van der Waals surface area contributed by atoms with E-state index in [9.17, 15) is 0 Å². The molecule has 0 saturated heterocycles. The molecule has 18 atom stereocenters. The molecule has 4 heteroatoms. The first-order valence-corrected chi connectivity index (χ1v) is 29.6. The van der Waals surface area contributed by atoms with Crippen LogP contribution in [0.2, 0.25) is 0 Å². The van der Waals surface area contributed by atoms with E-state index in [0.29, 0.717) is 10.8 Å². The van der Waals surface area contributed by atoms with Crippen molar-refractivity contribution in [2.75, 3.05) is 0 Å². The maximum atomic E-state index is 7.43. The molecule has 65 heavy (non-hydrogen) atoms. The highest BCUT2D eigenvalue weighted by Gasteiger charge is 2.64. The Morgan fingerprint density at radius 1 is 0.523 bits per heavy atom. The maximum absolute atomic E-state index is 7.43. The van der Waals surface area contributed by atoms with Crippen molar-refractivity contribution in [1.29, 1.82) is 0 Å². The maximum Gasteiger partial charge on any atom is 0.136 e. The van der Waals surface area contributed by atoms with E-state index < -0.39 is 4.84 Å². The van der Waals surface area contributed by atoms with Gasteiger partial charge in [-0.1, -0.05) is 131 Å². The molecule has 1 aromatic rings. The monoisotopic (exact) mass is 933 g/mol. The van der Waals surface area contributed by atoms with Crippen LogP contribution in [-0.4, -0.2) is 12.2 Å². The lowest BCUT2D eigenvalue weighted by Gasteiger charge is -2.62. The molecule has 8 saturated carbocycles. The van der Waals surface area contributed by atoms with Crippen LogP contribution >= 0.6 is 23.2 Å². The van der Waals surface area contributed by atoms with Gasteiger partial charge in [0, 0.05) is 16.4 Å². The molecule has 0 bridgehead atoms. The Bertz CT molecular complexity index is 1760. The van der Waals surface area contributed by atoms with Crippen LogP contribution in [0.25, 0.3) is 0 Å². The van der Waals surface area contributed by atoms with Crippen LogP contribution in [0.3, 0.4) is 0 Å². The zero-order chi connectivity index (χ0) is 46.1. The lowest BCUT2D eigenvalue weighted by molar-refractivity contribution is -0.158. The van der Waals surface area contributed by atoms with Crippen molar-refractivity contribution in [2.24, 2.45) is 105 Å². The lowest BCUT2D eigenvalue weighted by Crippen LogP contribution is -2.59. The second kappa shape index (κ2) is 19.5. The minimum atomic E-state index is -0.652. The number of halogens is 2. The van der Waals surface area contributed by atoms with Gasteiger partial charge in [0.15, 0.2) is 0 Å². The van der Waals surface area contributed by atoms with Crippen molar-refractivity contribution in [3.63, 3.8) is 0 Å². The van der Waals surface area contributed by atoms with E-state index in [1.54, 1.807) is 0 Å². The third kappa shape index (κ3) is 8.84. The Morgan fingerprint density at radius 2 is 1.00 bits per heavy atom. The molecule has 2 nitrogen and oxygen atoms in total. The van der Waals surface area contributed by atoms with Crippen molar-refractivity contribution in [3.8, 4) is 11.5 Å². The van der Waals surface area contributed by atoms with E-state index in [1.807, 2.05) is 0 Å². The summed E-state index contributed by atoms with van der Waals surface area (Å²) in [6.07, 6.45) is 33.6. The Hall–Kier alpha value is -0.600. The van der Waals surface area contributed by atoms with Gasteiger partial charge in [-0.25, -0.2) is 0 Å². The number of alkyl halides is 2. The number of fused-ring (bicyclic) bond motifs is 10. The molecule has 0 spiro atoms. The minimum Gasteiger partial charge on any atom is -0.490 e. The Labute approximate surface area is 410 Å². The average Bonchev–Trinajstić information content (AvgIpc) is 3.81. The van der Waals surface area contributed by atoms with E-state index in [4.69, 9.17) is 32.7 Å². The fraction of sp³-hybridized carbons (Fsp3) is 0.902. The number of hydrogen-bond acceptors (Lipinski definition) is 2. The Kier molecular flexibility index (Phi) is 14.8. The molecule has 0 aliphatic heterocycles. The van der Waals surface area contributed by atoms with E-state index in [1.165, 1.54) is 141 Å². The normalized spacial score (nSPS) is 44.4. The minimum absolute atomic E-state index is 0.189. The third-order valence-electron chi connectivity index (χ3n) is 23.5. The second-order valence-electron chi connectivity index (χ2n) is 27.2. The molecule has 0 radical (unpaired) electrons. The molecule has 0 heterocycles. The van der Waals surface area contributed by atoms with Gasteiger partial charge in [0.2, 0.25) is 0 Å². The summed E-state index contributed by atoms with van der Waals surface area (Å²) in [5.74, 6) is 13.5. The predicted molar refractivity (Wildman–Crippen MR) is 276 cm³/mol. The molecule has 8 aliphatic rings. The highest BCUT2D eigenvalue weighted by atomic mass is 35.5. The lowest BCUT2D eigenvalue weighted by atomic mass is 9.44. The molecule has 0 N–H and O–H groups in total. The number of rotatable bonds is 15. The highest BCUT2D eigenvalue weighted by Crippen LogP contribution is 2.71. The highest BCUT2D eigenvalue weighted by molar-refractivity contribution is 6.44. The van der Waals surface area contributed by atoms with Gasteiger partial charge in [0.1, 0.15) is 28.5 Å². The van der Waals surface area contributed by atoms with Crippen LogP contribution in [0.5, 0.6) is 11.5 Å². The fourth-order valence-electron chi connectivity index (χ4n) is 20.2. The zero-order valence-corrected chi connectivity index (χ0v) is 45.1. The van der Waals surface area contributed by atoms with Gasteiger partial charge < -0.3 is 9.47 Å². The van der Waals surface area contributed by atoms with Crippen LogP contribution in [0, 0.1) is 105 Å². The molecule has 8 aliphatic carbocycles. The summed E-state index contributed by atoms with van der Waals surface area (Å²) in [4.78, 5) is -0.652. The van der Waals surface area contributed by atoms with E-state index in [-0.39, 0.29) is 23.0 Å². The quantitative estimate of drug-likeness (QED) is 0.163. The first-order valence-electron chi connectivity index (χ1n) is 28.7. The smallest absolute Gasteiger partial charge is 0.136 e. The van der Waals surface area contributed by atoms with Gasteiger partial charge in [0.25, 0.3) is 0 Å². The van der Waals surface area contributed by atoms with Crippen LogP contribution in [-0.2, 0) is 0 Å². The second-order valence-corrected chi connectivity index (χ2v) is 28.3. The van der Waals surface area contributed by atoms with Crippen LogP contribution in [0.1, 0.15) is 234 Å². The molecule has 0 aromatic heterocycles. The standard InChI is InChI=1S/C61H98Cl2O2/c1-38(2)15-11-17-40(5)48-28-30-50-45-26-23-42-19-13-21-55(60(42,9)52(45)33-35-58(48,50)7)64-44-25-32-54(47(37-44)57(62)63)65-56-22-14-20-43-24-27-46-51-31-29-49(41(6)18-12-16-39(3)4)59(51,8)36-34-53(46)61(43,56)10/h25,32,37-43,45-46,48-53,55-57H,11-24,26-31,33-36H2,1-10H3/t40-,41-,42?,43?,45+,46+,48-,49-,50+,51+,52+,53+,55?,56?,58-,59-,60+,61+/m1/s1. The van der Waals surface area contributed by atoms with Crippen molar-refractivity contribution >= 4 is 23.2 Å². The van der Waals surface area contributed by atoms with Gasteiger partial charge in [-0.3, -0.25) is 0 Å². The van der Waals surface area contributed by atoms with Crippen molar-refractivity contribution < 1.29 is 9.47 Å². The summed E-state index contributed by atoms with van der Waals surface area (Å²) >= 11 is 14.0. The summed E-state index contributed by atoms with van der Waals surface area (Å²) in [5, 5.41) is 0. The summed E-state index contributed by atoms with van der Waals surface area (Å²) in [6.45, 7) is 25.7. The van der Waals surface area contributed by atoms with Crippen LogP contribution < -0.4 is 9.47 Å². The van der Waals surface area contributed by atoms with Gasteiger partial charge in [-0.2, -0.15) is 0 Å². The molecule has 8 fully saturated rings. The average molecular weight is 934 g/mol. The van der Waals surface area contributed by atoms with E-state index in [2.05, 4.69) is 87.4 Å². The fourth-order valence-corrected chi connectivity index (χ4v) is 20.5. The largest absolute Gasteiger partial charge is 0.490 e. The number of benzene rings is 1. The summed E-state index contributed by atoms with van der Waals surface area (Å²) < 4.78 is 14.8. The van der Waals surface area contributed by atoms with Crippen molar-refractivity contribution in [3.05, 3.63) is 23.8 Å². The SMILES string of the molecule is CC(C)CCC[C@@H](C)[C@H]1CC[C@H]2[C@@H]3CCC4CCCC(Oc5ccc(OC6CCCC7CC[C@@H]8[C@H](CC[C@]9(C)[C@@H]([C@H](C)CCCC(C)C)CC[C@@H]89)[C@]76C)c(C(Cl)Cl)c5)[C@]4(C)[C@H]3CC[C@]12C. The van der Waals surface area contributed by atoms with Crippen molar-refractivity contribution in [1.82, 2.24) is 0 Å². The Morgan fingerprint density at radius 3 is 1.46 bits per heavy atom. The molecule has 1 aromatic carbocycles. The van der Waals surface area contributed by atoms with Gasteiger partial charge in [0.05, 0.1) is 0 Å². The molecular weight excluding hydrogens is 836 g/mol.